The molecule has 0 saturated carbocycles. The molecule has 6 nitrogen and oxygen atoms in total. The molecule has 1 rings (SSSR count). The van der Waals surface area contributed by atoms with E-state index in [9.17, 15) is 4.79 Å². The van der Waals surface area contributed by atoms with Crippen molar-refractivity contribution in [3.63, 3.8) is 0 Å². The van der Waals surface area contributed by atoms with Crippen LogP contribution in [-0.2, 0) is 4.79 Å². The Morgan fingerprint density at radius 3 is 2.41 bits per heavy atom. The van der Waals surface area contributed by atoms with Crippen molar-refractivity contribution in [1.29, 1.82) is 0 Å². The second-order valence-corrected chi connectivity index (χ2v) is 4.94. The third-order valence-corrected chi connectivity index (χ3v) is 2.90. The van der Waals surface area contributed by atoms with Crippen LogP contribution in [0.4, 0.5) is 0 Å². The predicted octanol–water partition coefficient (Wildman–Crippen LogP) is 1.76. The number of carbonyl (C=O) groups excluding carboxylic acids is 1. The highest BCUT2D eigenvalue weighted by Crippen LogP contribution is 2.18. The Morgan fingerprint density at radius 2 is 1.82 bits per heavy atom. The van der Waals surface area contributed by atoms with Crippen molar-refractivity contribution in [2.45, 2.75) is 33.3 Å². The summed E-state index contributed by atoms with van der Waals surface area (Å²) in [6.45, 7) is 6.97. The molecule has 0 unspecified atom stereocenters. The zero-order valence-electron chi connectivity index (χ0n) is 13.1. The summed E-state index contributed by atoms with van der Waals surface area (Å²) in [5.74, 6) is 1.05. The van der Waals surface area contributed by atoms with Gasteiger partial charge in [-0.25, -0.2) is 0 Å². The molecule has 0 radical (unpaired) electrons. The highest BCUT2D eigenvalue weighted by molar-refractivity contribution is 7.80. The zero-order valence-corrected chi connectivity index (χ0v) is 14.0. The molecule has 3 N–H and O–H groups in total. The third kappa shape index (κ3) is 6.62. The number of carbonyl (C=O) groups is 1. The van der Waals surface area contributed by atoms with Gasteiger partial charge in [0.2, 0.25) is 0 Å². The first kappa shape index (κ1) is 18.0. The molecule has 7 heteroatoms. The van der Waals surface area contributed by atoms with Crippen molar-refractivity contribution in [2.24, 2.45) is 0 Å². The van der Waals surface area contributed by atoms with Gasteiger partial charge < -0.3 is 14.8 Å². The number of nitrogens with one attached hydrogen (secondary N) is 3. The third-order valence-electron chi connectivity index (χ3n) is 2.65. The van der Waals surface area contributed by atoms with E-state index in [0.717, 1.165) is 18.7 Å². The van der Waals surface area contributed by atoms with E-state index in [1.807, 2.05) is 13.8 Å². The normalized spacial score (nSPS) is 11.2. The van der Waals surface area contributed by atoms with Crippen LogP contribution in [0, 0.1) is 0 Å². The van der Waals surface area contributed by atoms with Crippen molar-refractivity contribution in [3.8, 4) is 11.5 Å². The van der Waals surface area contributed by atoms with E-state index >= 15 is 0 Å². The van der Waals surface area contributed by atoms with Gasteiger partial charge in [-0.05, 0) is 56.8 Å². The molecule has 0 fully saturated rings. The number of rotatable bonds is 7. The molecule has 0 bridgehead atoms. The molecule has 0 aromatic heterocycles. The van der Waals surface area contributed by atoms with Crippen LogP contribution < -0.4 is 25.6 Å². The van der Waals surface area contributed by atoms with Gasteiger partial charge in [-0.3, -0.25) is 15.6 Å². The zero-order chi connectivity index (χ0) is 16.4. The number of hydrogen-bond acceptors (Lipinski definition) is 4. The summed E-state index contributed by atoms with van der Waals surface area (Å²) in [7, 11) is 0. The molecule has 1 amide bonds. The summed E-state index contributed by atoms with van der Waals surface area (Å²) in [5, 5.41) is 3.32. The van der Waals surface area contributed by atoms with Crippen molar-refractivity contribution in [3.05, 3.63) is 24.3 Å². The number of hydrazine groups is 1. The average Bonchev–Trinajstić information content (AvgIpc) is 2.52. The van der Waals surface area contributed by atoms with Crippen molar-refractivity contribution in [2.75, 3.05) is 13.2 Å². The highest BCUT2D eigenvalue weighted by atomic mass is 32.1. The largest absolute Gasteiger partial charge is 0.494 e. The van der Waals surface area contributed by atoms with Gasteiger partial charge in [0, 0.05) is 6.54 Å². The van der Waals surface area contributed by atoms with Crippen molar-refractivity contribution >= 4 is 23.2 Å². The summed E-state index contributed by atoms with van der Waals surface area (Å²) in [5.41, 5.74) is 5.13. The Morgan fingerprint density at radius 1 is 1.18 bits per heavy atom. The fourth-order valence-corrected chi connectivity index (χ4v) is 1.69. The van der Waals surface area contributed by atoms with Gasteiger partial charge in [0.15, 0.2) is 11.2 Å². The molecule has 1 aromatic rings. The van der Waals surface area contributed by atoms with E-state index in [-0.39, 0.29) is 5.91 Å². The first-order valence-electron chi connectivity index (χ1n) is 7.30. The van der Waals surface area contributed by atoms with Crippen LogP contribution >= 0.6 is 12.2 Å². The fourth-order valence-electron chi connectivity index (χ4n) is 1.54. The lowest BCUT2D eigenvalue weighted by molar-refractivity contribution is -0.127. The number of benzene rings is 1. The average molecular weight is 325 g/mol. The van der Waals surface area contributed by atoms with E-state index in [0.29, 0.717) is 17.5 Å². The van der Waals surface area contributed by atoms with Crippen LogP contribution in [0.25, 0.3) is 0 Å². The maximum atomic E-state index is 11.9. The smallest absolute Gasteiger partial charge is 0.279 e. The van der Waals surface area contributed by atoms with Gasteiger partial charge in [0.05, 0.1) is 6.61 Å². The van der Waals surface area contributed by atoms with Crippen LogP contribution in [0.5, 0.6) is 11.5 Å². The summed E-state index contributed by atoms with van der Waals surface area (Å²) in [6.07, 6.45) is 0.298. The number of hydrogen-bond donors (Lipinski definition) is 3. The summed E-state index contributed by atoms with van der Waals surface area (Å²) in [4.78, 5) is 11.9. The van der Waals surface area contributed by atoms with E-state index in [4.69, 9.17) is 21.7 Å². The lowest BCUT2D eigenvalue weighted by atomic mass is 10.3. The second kappa shape index (κ2) is 9.83. The molecule has 0 aliphatic heterocycles. The maximum Gasteiger partial charge on any atom is 0.279 e. The van der Waals surface area contributed by atoms with Gasteiger partial charge in [-0.1, -0.05) is 6.92 Å². The molecule has 0 aliphatic carbocycles. The molecule has 0 aliphatic rings. The Bertz CT molecular complexity index is 479. The fraction of sp³-hybridized carbons (Fsp3) is 0.467. The lowest BCUT2D eigenvalue weighted by Gasteiger charge is -2.16. The molecule has 0 heterocycles. The lowest BCUT2D eigenvalue weighted by Crippen LogP contribution is -2.50. The molecule has 22 heavy (non-hydrogen) atoms. The van der Waals surface area contributed by atoms with E-state index in [1.54, 1.807) is 31.2 Å². The summed E-state index contributed by atoms with van der Waals surface area (Å²) >= 11 is 5.00. The first-order valence-corrected chi connectivity index (χ1v) is 7.70. The highest BCUT2D eigenvalue weighted by Gasteiger charge is 2.14. The number of amides is 1. The minimum absolute atomic E-state index is 0.311. The Kier molecular flexibility index (Phi) is 8.06. The SMILES string of the molecule is CCCNC(=S)NNC(=O)[C@H](C)Oc1ccc(OCC)cc1. The topological polar surface area (TPSA) is 71.6 Å². The van der Waals surface area contributed by atoms with Crippen LogP contribution in [-0.4, -0.2) is 30.3 Å². The van der Waals surface area contributed by atoms with E-state index in [1.165, 1.54) is 0 Å². The van der Waals surface area contributed by atoms with Crippen LogP contribution in [0.15, 0.2) is 24.3 Å². The molecule has 1 atom stereocenters. The van der Waals surface area contributed by atoms with Gasteiger partial charge in [-0.15, -0.1) is 0 Å². The molecule has 0 spiro atoms. The molecule has 0 saturated heterocycles. The quantitative estimate of drug-likeness (QED) is 0.524. The molecule has 1 aromatic carbocycles. The predicted molar refractivity (Wildman–Crippen MR) is 89.9 cm³/mol. The van der Waals surface area contributed by atoms with Crippen molar-refractivity contribution in [1.82, 2.24) is 16.2 Å². The Hall–Kier alpha value is -2.02. The molecule has 122 valence electrons. The summed E-state index contributed by atoms with van der Waals surface area (Å²) < 4.78 is 10.9. The van der Waals surface area contributed by atoms with E-state index in [2.05, 4.69) is 16.2 Å². The maximum absolute atomic E-state index is 11.9. The molecular formula is C15H23N3O3S. The number of ether oxygens (including phenoxy) is 2. The number of thiocarbonyl (C=S) groups is 1. The van der Waals surface area contributed by atoms with Gasteiger partial charge in [0.25, 0.3) is 5.91 Å². The van der Waals surface area contributed by atoms with Crippen LogP contribution in [0.3, 0.4) is 0 Å². The van der Waals surface area contributed by atoms with Crippen LogP contribution in [0.1, 0.15) is 27.2 Å². The molecular weight excluding hydrogens is 302 g/mol. The standard InChI is InChI=1S/C15H23N3O3S/c1-4-10-16-15(22)18-17-14(19)11(3)21-13-8-6-12(7-9-13)20-5-2/h6-9,11H,4-5,10H2,1-3H3,(H,17,19)(H2,16,18,22)/t11-/m0/s1. The second-order valence-electron chi connectivity index (χ2n) is 4.53. The van der Waals surface area contributed by atoms with Gasteiger partial charge in [-0.2, -0.15) is 0 Å². The van der Waals surface area contributed by atoms with Gasteiger partial charge >= 0.3 is 0 Å². The van der Waals surface area contributed by atoms with E-state index < -0.39 is 6.10 Å². The Labute approximate surface area is 136 Å². The summed E-state index contributed by atoms with van der Waals surface area (Å²) in [6, 6.07) is 7.11. The first-order chi connectivity index (χ1) is 10.6. The Balaban J connectivity index is 2.38. The van der Waals surface area contributed by atoms with Gasteiger partial charge in [0.1, 0.15) is 11.5 Å². The minimum atomic E-state index is -0.653. The van der Waals surface area contributed by atoms with Crippen molar-refractivity contribution < 1.29 is 14.3 Å². The monoisotopic (exact) mass is 325 g/mol. The van der Waals surface area contributed by atoms with Crippen LogP contribution in [0.2, 0.25) is 0 Å². The minimum Gasteiger partial charge on any atom is -0.494 e.